The van der Waals surface area contributed by atoms with Crippen LogP contribution in [-0.2, 0) is 11.0 Å². The van der Waals surface area contributed by atoms with Gasteiger partial charge in [-0.25, -0.2) is 9.37 Å². The summed E-state index contributed by atoms with van der Waals surface area (Å²) in [5.74, 6) is -1.32. The first-order valence-corrected chi connectivity index (χ1v) is 12.6. The highest BCUT2D eigenvalue weighted by Crippen LogP contribution is 2.48. The van der Waals surface area contributed by atoms with E-state index in [-0.39, 0.29) is 34.9 Å². The van der Waals surface area contributed by atoms with Gasteiger partial charge in [-0.2, -0.15) is 18.4 Å². The van der Waals surface area contributed by atoms with Crippen LogP contribution in [0.25, 0.3) is 0 Å². The lowest BCUT2D eigenvalue weighted by molar-refractivity contribution is -0.138. The van der Waals surface area contributed by atoms with Gasteiger partial charge in [0.05, 0.1) is 23.1 Å². The number of amides is 2. The number of alkyl halides is 4. The summed E-state index contributed by atoms with van der Waals surface area (Å²) in [6.45, 7) is 0. The van der Waals surface area contributed by atoms with E-state index in [1.165, 1.54) is 35.4 Å². The van der Waals surface area contributed by atoms with Crippen molar-refractivity contribution in [1.29, 1.82) is 5.26 Å². The third-order valence-electron chi connectivity index (χ3n) is 7.02. The molecule has 2 atom stereocenters. The zero-order valence-electron chi connectivity index (χ0n) is 20.6. The smallest absolute Gasteiger partial charge is 0.329 e. The Morgan fingerprint density at radius 3 is 2.40 bits per heavy atom. The summed E-state index contributed by atoms with van der Waals surface area (Å²) in [6.07, 6.45) is -5.09. The Morgan fingerprint density at radius 2 is 1.82 bits per heavy atom. The van der Waals surface area contributed by atoms with Crippen LogP contribution in [0.2, 0.25) is 0 Å². The highest BCUT2D eigenvalue weighted by atomic mass is 32.1. The molecular weight excluding hydrogens is 548 g/mol. The molecule has 13 heteroatoms. The number of hydrogen-bond acceptors (Lipinski definition) is 6. The topological polar surface area (TPSA) is 102 Å². The molecule has 8 nitrogen and oxygen atoms in total. The molecule has 3 heterocycles. The van der Waals surface area contributed by atoms with Gasteiger partial charge in [-0.15, -0.1) is 0 Å². The largest absolute Gasteiger partial charge is 0.419 e. The van der Waals surface area contributed by atoms with Crippen LogP contribution in [0.1, 0.15) is 52.7 Å². The summed E-state index contributed by atoms with van der Waals surface area (Å²) in [7, 11) is 0. The molecule has 40 heavy (non-hydrogen) atoms. The van der Waals surface area contributed by atoms with E-state index in [1.54, 1.807) is 30.3 Å². The molecule has 1 N–H and O–H groups in total. The Labute approximate surface area is 231 Å². The number of nitriles is 1. The molecule has 0 radical (unpaired) electrons. The number of thiocarbonyl (C=S) groups is 1. The van der Waals surface area contributed by atoms with E-state index in [2.05, 4.69) is 15.3 Å². The number of carbonyl (C=O) groups is 2. The van der Waals surface area contributed by atoms with Crippen LogP contribution in [0.4, 0.5) is 23.2 Å². The Bertz CT molecular complexity index is 1510. The van der Waals surface area contributed by atoms with Gasteiger partial charge in [0.1, 0.15) is 17.8 Å². The first-order chi connectivity index (χ1) is 19.1. The molecule has 3 aromatic rings. The van der Waals surface area contributed by atoms with Gasteiger partial charge in [0, 0.05) is 11.8 Å². The number of pyridine rings is 2. The molecule has 1 aromatic carbocycles. The first kappa shape index (κ1) is 27.1. The van der Waals surface area contributed by atoms with Gasteiger partial charge in [-0.05, 0) is 61.8 Å². The number of rotatable bonds is 6. The number of aromatic nitrogens is 2. The Hall–Kier alpha value is -4.44. The molecule has 1 saturated carbocycles. The first-order valence-electron chi connectivity index (χ1n) is 12.1. The van der Waals surface area contributed by atoms with Crippen LogP contribution < -0.4 is 10.2 Å². The Kier molecular flexibility index (Phi) is 6.97. The zero-order valence-corrected chi connectivity index (χ0v) is 21.4. The van der Waals surface area contributed by atoms with Gasteiger partial charge < -0.3 is 10.2 Å². The molecule has 204 valence electrons. The summed E-state index contributed by atoms with van der Waals surface area (Å²) < 4.78 is 57.3. The van der Waals surface area contributed by atoms with Gasteiger partial charge in [0.15, 0.2) is 17.0 Å². The summed E-state index contributed by atoms with van der Waals surface area (Å²) >= 11 is 5.60. The van der Waals surface area contributed by atoms with E-state index >= 15 is 4.39 Å². The third-order valence-corrected chi connectivity index (χ3v) is 7.40. The van der Waals surface area contributed by atoms with E-state index in [4.69, 9.17) is 17.5 Å². The maximum Gasteiger partial charge on any atom is 0.419 e. The number of nitrogens with zero attached hydrogens (tertiary/aromatic N) is 5. The number of halogens is 4. The molecule has 2 aromatic heterocycles. The quantitative estimate of drug-likeness (QED) is 0.340. The van der Waals surface area contributed by atoms with Crippen LogP contribution >= 0.6 is 12.2 Å². The predicted octanol–water partition coefficient (Wildman–Crippen LogP) is 4.69. The van der Waals surface area contributed by atoms with Crippen molar-refractivity contribution in [1.82, 2.24) is 20.2 Å². The Balaban J connectivity index is 1.60. The highest BCUT2D eigenvalue weighted by Gasteiger charge is 2.62. The average molecular weight is 569 g/mol. The van der Waals surface area contributed by atoms with Crippen LogP contribution in [0, 0.1) is 11.3 Å². The summed E-state index contributed by atoms with van der Waals surface area (Å²) in [5.41, 5.74) is -3.74. The van der Waals surface area contributed by atoms with Crippen LogP contribution in [0.5, 0.6) is 0 Å². The van der Waals surface area contributed by atoms with Crippen molar-refractivity contribution in [3.8, 4) is 6.07 Å². The minimum absolute atomic E-state index is 0.0385. The maximum atomic E-state index is 16.3. The number of nitrogens with one attached hydrogen (secondary N) is 1. The second kappa shape index (κ2) is 10.3. The van der Waals surface area contributed by atoms with Crippen molar-refractivity contribution in [2.45, 2.75) is 43.3 Å². The lowest BCUT2D eigenvalue weighted by atomic mass is 9.75. The normalized spacial score (nSPS) is 17.8. The highest BCUT2D eigenvalue weighted by molar-refractivity contribution is 7.80. The van der Waals surface area contributed by atoms with Gasteiger partial charge in [0.25, 0.3) is 11.8 Å². The molecule has 1 aliphatic carbocycles. The van der Waals surface area contributed by atoms with Gasteiger partial charge in [-0.3, -0.25) is 19.5 Å². The fourth-order valence-corrected chi connectivity index (χ4v) is 5.40. The van der Waals surface area contributed by atoms with Crippen molar-refractivity contribution in [3.63, 3.8) is 0 Å². The number of hydrogen-bond donors (Lipinski definition) is 1. The molecule has 1 spiro atoms. The molecule has 5 rings (SSSR count). The second-order valence-electron chi connectivity index (χ2n) is 9.32. The molecule has 1 aliphatic heterocycles. The van der Waals surface area contributed by atoms with Crippen molar-refractivity contribution >= 4 is 34.8 Å². The van der Waals surface area contributed by atoms with Gasteiger partial charge in [0.2, 0.25) is 0 Å². The molecule has 2 unspecified atom stereocenters. The van der Waals surface area contributed by atoms with Crippen molar-refractivity contribution in [2.24, 2.45) is 0 Å². The monoisotopic (exact) mass is 568 g/mol. The van der Waals surface area contributed by atoms with E-state index in [9.17, 15) is 22.8 Å². The summed E-state index contributed by atoms with van der Waals surface area (Å²) in [4.78, 5) is 36.8. The fourth-order valence-electron chi connectivity index (χ4n) is 4.93. The summed E-state index contributed by atoms with van der Waals surface area (Å²) in [6, 6.07) is 14.6. The molecular formula is C27H20F4N6O2S. The van der Waals surface area contributed by atoms with Gasteiger partial charge >= 0.3 is 6.18 Å². The fraction of sp³-hybridized carbons (Fsp3) is 0.259. The third kappa shape index (κ3) is 4.54. The van der Waals surface area contributed by atoms with Crippen molar-refractivity contribution in [3.05, 3.63) is 89.5 Å². The molecule has 2 amide bonds. The van der Waals surface area contributed by atoms with E-state index in [0.717, 1.165) is 11.1 Å². The van der Waals surface area contributed by atoms with E-state index < -0.39 is 47.1 Å². The lowest BCUT2D eigenvalue weighted by Gasteiger charge is -2.47. The Morgan fingerprint density at radius 1 is 1.12 bits per heavy atom. The van der Waals surface area contributed by atoms with E-state index in [0.29, 0.717) is 12.5 Å². The maximum absolute atomic E-state index is 16.3. The average Bonchev–Trinajstić information content (AvgIpc) is 3.17. The number of carbonyl (C=O) groups excluding carboxylic acids is 2. The molecule has 0 bridgehead atoms. The van der Waals surface area contributed by atoms with E-state index in [1.807, 2.05) is 0 Å². The van der Waals surface area contributed by atoms with Crippen LogP contribution in [0.15, 0.2) is 67.0 Å². The second-order valence-corrected chi connectivity index (χ2v) is 9.68. The van der Waals surface area contributed by atoms with Crippen LogP contribution in [-0.4, -0.2) is 43.5 Å². The number of anilines is 1. The molecule has 2 aliphatic rings. The van der Waals surface area contributed by atoms with Crippen LogP contribution in [0.3, 0.4) is 0 Å². The zero-order chi connectivity index (χ0) is 28.7. The SMILES string of the molecule is N#Cc1ncc(N2C(=O)C3(CCC3)N(C(NC(=O)c3ccccc3)C(F)c3ccccn3)C2=S)cc1C(F)(F)F. The standard InChI is InChI=1S/C27H20F4N6O2S/c28-21(19-9-4-5-12-33-19)22(35-23(38)16-7-2-1-3-8-16)37-25(40)36(24(39)26(37)10-6-11-26)17-13-18(27(29,30)31)20(14-32)34-15-17/h1-5,7-9,12-13,15,21-22H,6,10-11H2,(H,35,38). The minimum atomic E-state index is -4.93. The van der Waals surface area contributed by atoms with Gasteiger partial charge in [-0.1, -0.05) is 24.3 Å². The van der Waals surface area contributed by atoms with Crippen molar-refractivity contribution in [2.75, 3.05) is 4.90 Å². The van der Waals surface area contributed by atoms with Crippen molar-refractivity contribution < 1.29 is 27.2 Å². The predicted molar refractivity (Wildman–Crippen MR) is 138 cm³/mol. The molecule has 2 fully saturated rings. The summed E-state index contributed by atoms with van der Waals surface area (Å²) in [5, 5.41) is 11.5. The number of benzene rings is 1. The lowest BCUT2D eigenvalue weighted by Crippen LogP contribution is -2.63. The molecule has 1 saturated heterocycles. The minimum Gasteiger partial charge on any atom is -0.329 e.